The molecule has 0 spiro atoms. The third-order valence-electron chi connectivity index (χ3n) is 7.55. The molecule has 0 atom stereocenters. The van der Waals surface area contributed by atoms with Crippen molar-refractivity contribution >= 4 is 39.8 Å². The molecule has 0 aliphatic carbocycles. The lowest BCUT2D eigenvalue weighted by atomic mass is 10.0. The summed E-state index contributed by atoms with van der Waals surface area (Å²) in [7, 11) is 0. The van der Waals surface area contributed by atoms with E-state index in [0.29, 0.717) is 11.3 Å². The van der Waals surface area contributed by atoms with Gasteiger partial charge in [0.1, 0.15) is 0 Å². The average Bonchev–Trinajstić information content (AvgIpc) is 3.06. The standard InChI is InChI=1S/C40H30N4/c1-29-8-4-12-37(24-29)43(39-14-6-10-31(26-39)28-41)35-20-16-32(17-21-35)33-18-22-36(23-19-33)44(38-13-5-9-30(2)25-38)40-15-7-11-34(27-40)42-3/h4-27H,1-2H3. The highest BCUT2D eigenvalue weighted by Gasteiger charge is 2.15. The quantitative estimate of drug-likeness (QED) is 0.180. The summed E-state index contributed by atoms with van der Waals surface area (Å²) in [5.41, 5.74) is 11.8. The topological polar surface area (TPSA) is 34.6 Å². The molecule has 4 heteroatoms. The Morgan fingerprint density at radius 1 is 0.500 bits per heavy atom. The molecule has 0 radical (unpaired) electrons. The fraction of sp³-hybridized carbons (Fsp3) is 0.0500. The highest BCUT2D eigenvalue weighted by atomic mass is 15.1. The van der Waals surface area contributed by atoms with E-state index in [-0.39, 0.29) is 0 Å². The molecule has 0 saturated carbocycles. The monoisotopic (exact) mass is 566 g/mol. The van der Waals surface area contributed by atoms with Gasteiger partial charge >= 0.3 is 0 Å². The van der Waals surface area contributed by atoms with Crippen molar-refractivity contribution in [2.75, 3.05) is 9.80 Å². The second-order valence-corrected chi connectivity index (χ2v) is 10.7. The summed E-state index contributed by atoms with van der Waals surface area (Å²) in [5, 5.41) is 9.53. The number of aryl methyl sites for hydroxylation is 2. The zero-order chi connectivity index (χ0) is 30.5. The van der Waals surface area contributed by atoms with Crippen LogP contribution in [0.4, 0.5) is 39.8 Å². The van der Waals surface area contributed by atoms with Crippen LogP contribution in [-0.4, -0.2) is 0 Å². The van der Waals surface area contributed by atoms with E-state index in [9.17, 15) is 5.26 Å². The lowest BCUT2D eigenvalue weighted by Gasteiger charge is -2.27. The average molecular weight is 567 g/mol. The van der Waals surface area contributed by atoms with Gasteiger partial charge in [-0.2, -0.15) is 5.26 Å². The molecule has 0 aliphatic heterocycles. The lowest BCUT2D eigenvalue weighted by molar-refractivity contribution is 1.26. The van der Waals surface area contributed by atoms with Gasteiger partial charge < -0.3 is 9.80 Å². The maximum atomic E-state index is 9.53. The second kappa shape index (κ2) is 12.4. The van der Waals surface area contributed by atoms with Crippen LogP contribution in [0.5, 0.6) is 0 Å². The molecule has 4 nitrogen and oxygen atoms in total. The van der Waals surface area contributed by atoms with E-state index in [1.54, 1.807) is 0 Å². The van der Waals surface area contributed by atoms with Crippen LogP contribution >= 0.6 is 0 Å². The van der Waals surface area contributed by atoms with Crippen LogP contribution < -0.4 is 9.80 Å². The number of hydrogen-bond acceptors (Lipinski definition) is 3. The largest absolute Gasteiger partial charge is 0.312 e. The van der Waals surface area contributed by atoms with E-state index in [2.05, 4.69) is 132 Å². The van der Waals surface area contributed by atoms with Crippen molar-refractivity contribution in [2.24, 2.45) is 0 Å². The molecule has 0 aliphatic rings. The van der Waals surface area contributed by atoms with E-state index in [1.807, 2.05) is 48.5 Å². The zero-order valence-electron chi connectivity index (χ0n) is 24.6. The number of hydrogen-bond donors (Lipinski definition) is 0. The highest BCUT2D eigenvalue weighted by molar-refractivity contribution is 5.82. The van der Waals surface area contributed by atoms with Gasteiger partial charge in [0.05, 0.1) is 18.2 Å². The maximum absolute atomic E-state index is 9.53. The molecule has 6 aromatic rings. The van der Waals surface area contributed by atoms with Gasteiger partial charge in [-0.05, 0) is 115 Å². The molecule has 210 valence electrons. The van der Waals surface area contributed by atoms with Crippen molar-refractivity contribution in [3.8, 4) is 17.2 Å². The smallest absolute Gasteiger partial charge is 0.189 e. The molecule has 0 heterocycles. The van der Waals surface area contributed by atoms with E-state index in [4.69, 9.17) is 6.57 Å². The molecule has 0 N–H and O–H groups in total. The highest BCUT2D eigenvalue weighted by Crippen LogP contribution is 2.39. The van der Waals surface area contributed by atoms with Crippen LogP contribution in [0.2, 0.25) is 0 Å². The van der Waals surface area contributed by atoms with Crippen LogP contribution in [0.15, 0.2) is 146 Å². The minimum absolute atomic E-state index is 0.607. The van der Waals surface area contributed by atoms with Crippen molar-refractivity contribution in [2.45, 2.75) is 13.8 Å². The Morgan fingerprint density at radius 3 is 1.39 bits per heavy atom. The second-order valence-electron chi connectivity index (χ2n) is 10.7. The first-order chi connectivity index (χ1) is 21.5. The van der Waals surface area contributed by atoms with Gasteiger partial charge in [0.15, 0.2) is 5.69 Å². The van der Waals surface area contributed by atoms with Gasteiger partial charge in [-0.15, -0.1) is 0 Å². The molecule has 6 rings (SSSR count). The van der Waals surface area contributed by atoms with Crippen molar-refractivity contribution in [1.29, 1.82) is 5.26 Å². The van der Waals surface area contributed by atoms with Crippen molar-refractivity contribution in [3.63, 3.8) is 0 Å². The molecule has 6 aromatic carbocycles. The number of nitrogens with zero attached hydrogens (tertiary/aromatic N) is 4. The maximum Gasteiger partial charge on any atom is 0.189 e. The molecular weight excluding hydrogens is 536 g/mol. The Hall–Kier alpha value is -6.10. The predicted octanol–water partition coefficient (Wildman–Crippen LogP) is 11.3. The fourth-order valence-corrected chi connectivity index (χ4v) is 5.45. The van der Waals surface area contributed by atoms with Gasteiger partial charge in [-0.25, -0.2) is 4.85 Å². The Kier molecular flexibility index (Phi) is 7.91. The first kappa shape index (κ1) is 28.0. The SMILES string of the molecule is [C-]#[N+]c1cccc(N(c2ccc(-c3ccc(N(c4cccc(C)c4)c4cccc(C#N)c4)cc3)cc2)c2cccc(C)c2)c1. The first-order valence-electron chi connectivity index (χ1n) is 14.4. The molecular formula is C40H30N4. The Balaban J connectivity index is 1.34. The molecule has 0 saturated heterocycles. The predicted molar refractivity (Wildman–Crippen MR) is 182 cm³/mol. The summed E-state index contributed by atoms with van der Waals surface area (Å²) in [6.07, 6.45) is 0. The number of anilines is 6. The molecule has 0 fully saturated rings. The molecule has 0 bridgehead atoms. The molecule has 0 aromatic heterocycles. The van der Waals surface area contributed by atoms with E-state index in [1.165, 1.54) is 11.1 Å². The van der Waals surface area contributed by atoms with Gasteiger partial charge in [0.2, 0.25) is 0 Å². The minimum atomic E-state index is 0.607. The summed E-state index contributed by atoms with van der Waals surface area (Å²) in [6, 6.07) is 51.5. The summed E-state index contributed by atoms with van der Waals surface area (Å²) < 4.78 is 0. The van der Waals surface area contributed by atoms with Gasteiger partial charge in [-0.3, -0.25) is 0 Å². The van der Waals surface area contributed by atoms with Crippen LogP contribution in [0.25, 0.3) is 16.0 Å². The van der Waals surface area contributed by atoms with E-state index < -0.39 is 0 Å². The molecule has 0 unspecified atom stereocenters. The van der Waals surface area contributed by atoms with Gasteiger partial charge in [-0.1, -0.05) is 66.7 Å². The van der Waals surface area contributed by atoms with Crippen LogP contribution in [0.3, 0.4) is 0 Å². The molecule has 44 heavy (non-hydrogen) atoms. The fourth-order valence-electron chi connectivity index (χ4n) is 5.45. The number of nitriles is 1. The number of benzene rings is 6. The Bertz CT molecular complexity index is 1860. The van der Waals surface area contributed by atoms with Gasteiger partial charge in [0, 0.05) is 34.1 Å². The van der Waals surface area contributed by atoms with Crippen LogP contribution in [0.1, 0.15) is 16.7 Å². The van der Waals surface area contributed by atoms with Crippen LogP contribution in [0, 0.1) is 31.8 Å². The normalized spacial score (nSPS) is 10.5. The Labute approximate surface area is 259 Å². The minimum Gasteiger partial charge on any atom is -0.312 e. The third kappa shape index (κ3) is 5.93. The summed E-state index contributed by atoms with van der Waals surface area (Å²) in [6.45, 7) is 11.7. The Morgan fingerprint density at radius 2 is 0.932 bits per heavy atom. The van der Waals surface area contributed by atoms with Crippen molar-refractivity contribution < 1.29 is 0 Å². The summed E-state index contributed by atoms with van der Waals surface area (Å²) in [5.74, 6) is 0. The van der Waals surface area contributed by atoms with Crippen LogP contribution in [-0.2, 0) is 0 Å². The van der Waals surface area contributed by atoms with Crippen molar-refractivity contribution in [1.82, 2.24) is 0 Å². The number of rotatable bonds is 7. The zero-order valence-corrected chi connectivity index (χ0v) is 24.6. The molecule has 0 amide bonds. The van der Waals surface area contributed by atoms with Crippen molar-refractivity contribution in [3.05, 3.63) is 174 Å². The lowest BCUT2D eigenvalue weighted by Crippen LogP contribution is -2.10. The van der Waals surface area contributed by atoms with Gasteiger partial charge in [0.25, 0.3) is 0 Å². The third-order valence-corrected chi connectivity index (χ3v) is 7.55. The summed E-state index contributed by atoms with van der Waals surface area (Å²) >= 11 is 0. The first-order valence-corrected chi connectivity index (χ1v) is 14.4. The van der Waals surface area contributed by atoms with E-state index in [0.717, 1.165) is 45.3 Å². The van der Waals surface area contributed by atoms with E-state index >= 15 is 0 Å². The summed E-state index contributed by atoms with van der Waals surface area (Å²) in [4.78, 5) is 8.01.